The average molecular weight is 184 g/mol. The molecule has 1 unspecified atom stereocenters. The van der Waals surface area contributed by atoms with E-state index in [2.05, 4.69) is 13.5 Å². The van der Waals surface area contributed by atoms with Crippen LogP contribution in [0.2, 0.25) is 0 Å². The topological polar surface area (TPSA) is 38.8 Å². The van der Waals surface area contributed by atoms with Crippen LogP contribution in [0.15, 0.2) is 12.7 Å². The van der Waals surface area contributed by atoms with Gasteiger partial charge in [-0.05, 0) is 19.3 Å². The third kappa shape index (κ3) is 3.19. The van der Waals surface area contributed by atoms with Crippen LogP contribution in [-0.2, 0) is 14.3 Å². The Bertz CT molecular complexity index is 194. The van der Waals surface area contributed by atoms with Crippen LogP contribution < -0.4 is 0 Å². The van der Waals surface area contributed by atoms with Crippen LogP contribution >= 0.6 is 0 Å². The van der Waals surface area contributed by atoms with E-state index in [0.717, 1.165) is 25.9 Å². The first-order valence-electron chi connectivity index (χ1n) is 4.65. The Balaban J connectivity index is 2.01. The molecule has 1 heterocycles. The Labute approximate surface area is 78.7 Å². The third-order valence-electron chi connectivity index (χ3n) is 2.38. The number of hydrogen-bond acceptors (Lipinski definition) is 3. The SMILES string of the molecule is C=CC(=O)OCCCC1(CC)CO1. The van der Waals surface area contributed by atoms with Crippen molar-refractivity contribution in [3.63, 3.8) is 0 Å². The van der Waals surface area contributed by atoms with Gasteiger partial charge in [0.2, 0.25) is 0 Å². The zero-order chi connectivity index (χ0) is 9.73. The van der Waals surface area contributed by atoms with Gasteiger partial charge in [-0.1, -0.05) is 13.5 Å². The Morgan fingerprint density at radius 1 is 1.77 bits per heavy atom. The summed E-state index contributed by atoms with van der Waals surface area (Å²) in [5.41, 5.74) is 0.112. The summed E-state index contributed by atoms with van der Waals surface area (Å²) in [5.74, 6) is -0.345. The van der Waals surface area contributed by atoms with E-state index in [-0.39, 0.29) is 11.6 Å². The van der Waals surface area contributed by atoms with E-state index >= 15 is 0 Å². The molecule has 0 radical (unpaired) electrons. The van der Waals surface area contributed by atoms with Gasteiger partial charge in [-0.25, -0.2) is 4.79 Å². The van der Waals surface area contributed by atoms with Gasteiger partial charge in [0.25, 0.3) is 0 Å². The minimum absolute atomic E-state index is 0.112. The molecule has 1 saturated heterocycles. The normalized spacial score (nSPS) is 25.3. The standard InChI is InChI=1S/C10H16O3/c1-3-9(11)12-7-5-6-10(4-2)8-13-10/h3H,1,4-8H2,2H3. The van der Waals surface area contributed by atoms with Gasteiger partial charge in [-0.15, -0.1) is 0 Å². The smallest absolute Gasteiger partial charge is 0.330 e. The molecule has 0 N–H and O–H groups in total. The number of ether oxygens (including phenoxy) is 2. The van der Waals surface area contributed by atoms with Crippen LogP contribution in [0.25, 0.3) is 0 Å². The first-order chi connectivity index (χ1) is 6.22. The second-order valence-electron chi connectivity index (χ2n) is 3.30. The summed E-state index contributed by atoms with van der Waals surface area (Å²) in [5, 5.41) is 0. The van der Waals surface area contributed by atoms with Crippen molar-refractivity contribution < 1.29 is 14.3 Å². The summed E-state index contributed by atoms with van der Waals surface area (Å²) < 4.78 is 10.2. The molecule has 0 bridgehead atoms. The maximum atomic E-state index is 10.6. The minimum Gasteiger partial charge on any atom is -0.463 e. The molecule has 0 aromatic carbocycles. The molecule has 74 valence electrons. The summed E-state index contributed by atoms with van der Waals surface area (Å²) in [7, 11) is 0. The molecule has 1 atom stereocenters. The lowest BCUT2D eigenvalue weighted by Crippen LogP contribution is -2.11. The van der Waals surface area contributed by atoms with Gasteiger partial charge >= 0.3 is 5.97 Å². The molecule has 13 heavy (non-hydrogen) atoms. The van der Waals surface area contributed by atoms with E-state index < -0.39 is 0 Å². The Morgan fingerprint density at radius 2 is 2.46 bits per heavy atom. The van der Waals surface area contributed by atoms with E-state index in [1.165, 1.54) is 6.08 Å². The van der Waals surface area contributed by atoms with Crippen LogP contribution in [0.4, 0.5) is 0 Å². The van der Waals surface area contributed by atoms with Gasteiger partial charge in [-0.3, -0.25) is 0 Å². The molecule has 0 aromatic rings. The summed E-state index contributed by atoms with van der Waals surface area (Å²) >= 11 is 0. The van der Waals surface area contributed by atoms with Gasteiger partial charge in [0, 0.05) is 6.08 Å². The molecule has 0 amide bonds. The van der Waals surface area contributed by atoms with Crippen molar-refractivity contribution in [2.75, 3.05) is 13.2 Å². The summed E-state index contributed by atoms with van der Waals surface area (Å²) in [6.45, 7) is 6.76. The number of carbonyl (C=O) groups excluding carboxylic acids is 1. The molecule has 1 aliphatic rings. The number of carbonyl (C=O) groups is 1. The second-order valence-corrected chi connectivity index (χ2v) is 3.30. The summed E-state index contributed by atoms with van der Waals surface area (Å²) in [4.78, 5) is 10.6. The second kappa shape index (κ2) is 4.42. The predicted octanol–water partition coefficient (Wildman–Crippen LogP) is 1.67. The molecule has 0 aromatic heterocycles. The fraction of sp³-hybridized carbons (Fsp3) is 0.700. The van der Waals surface area contributed by atoms with E-state index in [4.69, 9.17) is 9.47 Å². The highest BCUT2D eigenvalue weighted by molar-refractivity contribution is 5.81. The van der Waals surface area contributed by atoms with Crippen LogP contribution in [-0.4, -0.2) is 24.8 Å². The highest BCUT2D eigenvalue weighted by Gasteiger charge is 2.41. The van der Waals surface area contributed by atoms with Crippen LogP contribution in [0.3, 0.4) is 0 Å². The molecular weight excluding hydrogens is 168 g/mol. The third-order valence-corrected chi connectivity index (χ3v) is 2.38. The van der Waals surface area contributed by atoms with E-state index in [1.807, 2.05) is 0 Å². The van der Waals surface area contributed by atoms with Gasteiger partial charge in [0.1, 0.15) is 0 Å². The zero-order valence-electron chi connectivity index (χ0n) is 8.04. The largest absolute Gasteiger partial charge is 0.463 e. The molecule has 1 aliphatic heterocycles. The van der Waals surface area contributed by atoms with Crippen molar-refractivity contribution in [1.82, 2.24) is 0 Å². The van der Waals surface area contributed by atoms with Crippen molar-refractivity contribution in [2.45, 2.75) is 31.8 Å². The van der Waals surface area contributed by atoms with Crippen molar-refractivity contribution in [1.29, 1.82) is 0 Å². The van der Waals surface area contributed by atoms with E-state index in [1.54, 1.807) is 0 Å². The average Bonchev–Trinajstić information content (AvgIpc) is 2.93. The number of hydrogen-bond donors (Lipinski definition) is 0. The van der Waals surface area contributed by atoms with Crippen LogP contribution in [0.5, 0.6) is 0 Å². The molecule has 3 nitrogen and oxygen atoms in total. The monoisotopic (exact) mass is 184 g/mol. The predicted molar refractivity (Wildman–Crippen MR) is 49.4 cm³/mol. The molecule has 0 spiro atoms. The van der Waals surface area contributed by atoms with Crippen molar-refractivity contribution >= 4 is 5.97 Å². The molecule has 0 saturated carbocycles. The first-order valence-corrected chi connectivity index (χ1v) is 4.65. The number of esters is 1. The Hall–Kier alpha value is -0.830. The van der Waals surface area contributed by atoms with Crippen molar-refractivity contribution in [2.24, 2.45) is 0 Å². The molecule has 3 heteroatoms. The van der Waals surface area contributed by atoms with Gasteiger partial charge in [0.15, 0.2) is 0 Å². The van der Waals surface area contributed by atoms with Crippen LogP contribution in [0.1, 0.15) is 26.2 Å². The quantitative estimate of drug-likeness (QED) is 0.273. The first kappa shape index (κ1) is 10.3. The lowest BCUT2D eigenvalue weighted by molar-refractivity contribution is -0.137. The van der Waals surface area contributed by atoms with Crippen molar-refractivity contribution in [3.05, 3.63) is 12.7 Å². The molecular formula is C10H16O3. The van der Waals surface area contributed by atoms with Crippen LogP contribution in [0, 0.1) is 0 Å². The lowest BCUT2D eigenvalue weighted by Gasteiger charge is -2.07. The van der Waals surface area contributed by atoms with Crippen molar-refractivity contribution in [3.8, 4) is 0 Å². The maximum Gasteiger partial charge on any atom is 0.330 e. The minimum atomic E-state index is -0.345. The Morgan fingerprint density at radius 3 is 2.92 bits per heavy atom. The maximum absolute atomic E-state index is 10.6. The highest BCUT2D eigenvalue weighted by atomic mass is 16.6. The van der Waals surface area contributed by atoms with E-state index in [0.29, 0.717) is 6.61 Å². The van der Waals surface area contributed by atoms with Gasteiger partial charge < -0.3 is 9.47 Å². The summed E-state index contributed by atoms with van der Waals surface area (Å²) in [6, 6.07) is 0. The number of epoxide rings is 1. The fourth-order valence-corrected chi connectivity index (χ4v) is 1.25. The fourth-order valence-electron chi connectivity index (χ4n) is 1.25. The summed E-state index contributed by atoms with van der Waals surface area (Å²) in [6.07, 6.45) is 4.08. The highest BCUT2D eigenvalue weighted by Crippen LogP contribution is 2.35. The lowest BCUT2D eigenvalue weighted by atomic mass is 10.0. The number of rotatable bonds is 6. The van der Waals surface area contributed by atoms with Gasteiger partial charge in [-0.2, -0.15) is 0 Å². The Kier molecular flexibility index (Phi) is 3.48. The molecule has 1 rings (SSSR count). The van der Waals surface area contributed by atoms with Gasteiger partial charge in [0.05, 0.1) is 18.8 Å². The van der Waals surface area contributed by atoms with E-state index in [9.17, 15) is 4.79 Å². The zero-order valence-corrected chi connectivity index (χ0v) is 8.04. The molecule has 0 aliphatic carbocycles. The molecule has 1 fully saturated rings.